The highest BCUT2D eigenvalue weighted by atomic mass is 15.5. The number of unbranched alkanes of at least 4 members (excludes halogenated alkanes) is 2. The second-order valence-corrected chi connectivity index (χ2v) is 8.76. The summed E-state index contributed by atoms with van der Waals surface area (Å²) in [6.07, 6.45) is 10.8. The van der Waals surface area contributed by atoms with Crippen LogP contribution in [0.15, 0.2) is 0 Å². The maximum absolute atomic E-state index is 6.48. The van der Waals surface area contributed by atoms with Crippen LogP contribution in [0.1, 0.15) is 79.1 Å². The van der Waals surface area contributed by atoms with E-state index in [-0.39, 0.29) is 0 Å². The Labute approximate surface area is 152 Å². The molecule has 0 radical (unpaired) electrons. The Morgan fingerprint density at radius 3 is 2.12 bits per heavy atom. The van der Waals surface area contributed by atoms with Crippen molar-refractivity contribution < 1.29 is 4.48 Å². The van der Waals surface area contributed by atoms with Gasteiger partial charge >= 0.3 is 0 Å². The molecule has 3 nitrogen and oxygen atoms in total. The normalized spacial score (nSPS) is 28.0. The van der Waals surface area contributed by atoms with Crippen LogP contribution < -0.4 is 5.73 Å². The topological polar surface area (TPSA) is 29.3 Å². The lowest BCUT2D eigenvalue weighted by molar-refractivity contribution is -0.928. The van der Waals surface area contributed by atoms with Gasteiger partial charge in [0.05, 0.1) is 26.2 Å². The van der Waals surface area contributed by atoms with Crippen LogP contribution in [0.25, 0.3) is 0 Å². The number of hydrogen-bond acceptors (Lipinski definition) is 2. The van der Waals surface area contributed by atoms with E-state index in [0.29, 0.717) is 6.04 Å². The molecular formula is C21H46N3+. The second kappa shape index (κ2) is 11.5. The molecule has 0 aromatic rings. The van der Waals surface area contributed by atoms with Crippen LogP contribution >= 0.6 is 0 Å². The van der Waals surface area contributed by atoms with Crippen molar-refractivity contribution in [1.29, 1.82) is 0 Å². The third kappa shape index (κ3) is 7.84. The first kappa shape index (κ1) is 21.9. The molecule has 1 saturated heterocycles. The summed E-state index contributed by atoms with van der Waals surface area (Å²) in [5.74, 6) is 1.72. The maximum atomic E-state index is 6.48. The summed E-state index contributed by atoms with van der Waals surface area (Å²) in [6.45, 7) is 15.4. The van der Waals surface area contributed by atoms with Crippen LogP contribution in [0.4, 0.5) is 0 Å². The molecular weight excluding hydrogens is 294 g/mol. The van der Waals surface area contributed by atoms with Gasteiger partial charge in [0.15, 0.2) is 0 Å². The van der Waals surface area contributed by atoms with Gasteiger partial charge in [0.1, 0.15) is 6.67 Å². The fourth-order valence-electron chi connectivity index (χ4n) is 4.64. The van der Waals surface area contributed by atoms with E-state index in [1.54, 1.807) is 0 Å². The Kier molecular flexibility index (Phi) is 10.5. The zero-order chi connectivity index (χ0) is 18.0. The minimum Gasteiger partial charge on any atom is -0.322 e. The lowest BCUT2D eigenvalue weighted by atomic mass is 9.96. The predicted octanol–water partition coefficient (Wildman–Crippen LogP) is 4.47. The van der Waals surface area contributed by atoms with Gasteiger partial charge in [-0.1, -0.05) is 59.8 Å². The minimum absolute atomic E-state index is 0.344. The van der Waals surface area contributed by atoms with Crippen molar-refractivity contribution >= 4 is 0 Å². The number of quaternary nitrogens is 1. The first-order chi connectivity index (χ1) is 11.5. The van der Waals surface area contributed by atoms with Gasteiger partial charge in [-0.2, -0.15) is 0 Å². The number of nitrogens with zero attached hydrogens (tertiary/aromatic N) is 2. The molecule has 1 rings (SSSR count). The quantitative estimate of drug-likeness (QED) is 0.531. The molecule has 1 aliphatic rings. The highest BCUT2D eigenvalue weighted by Gasteiger charge is 2.36. The molecule has 0 aromatic heterocycles. The Balaban J connectivity index is 2.61. The van der Waals surface area contributed by atoms with Crippen LogP contribution in [0.5, 0.6) is 0 Å². The molecule has 0 saturated carbocycles. The average molecular weight is 341 g/mol. The molecule has 1 heterocycles. The van der Waals surface area contributed by atoms with E-state index < -0.39 is 0 Å². The van der Waals surface area contributed by atoms with E-state index >= 15 is 0 Å². The van der Waals surface area contributed by atoms with Gasteiger partial charge in [0.25, 0.3) is 0 Å². The van der Waals surface area contributed by atoms with E-state index in [2.05, 4.69) is 39.6 Å². The fraction of sp³-hybridized carbons (Fsp3) is 1.00. The molecule has 4 atom stereocenters. The van der Waals surface area contributed by atoms with Gasteiger partial charge in [-0.25, -0.2) is 0 Å². The van der Waals surface area contributed by atoms with E-state index in [0.717, 1.165) is 29.4 Å². The smallest absolute Gasteiger partial charge is 0.134 e. The summed E-state index contributed by atoms with van der Waals surface area (Å²) in [6, 6.07) is 0.344. The van der Waals surface area contributed by atoms with Crippen molar-refractivity contribution in [3.8, 4) is 0 Å². The van der Waals surface area contributed by atoms with Gasteiger partial charge in [-0.05, 0) is 25.2 Å². The monoisotopic (exact) mass is 340 g/mol. The first-order valence-corrected chi connectivity index (χ1v) is 10.8. The van der Waals surface area contributed by atoms with Crippen molar-refractivity contribution in [2.24, 2.45) is 17.6 Å². The zero-order valence-corrected chi connectivity index (χ0v) is 17.4. The molecule has 24 heavy (non-hydrogen) atoms. The summed E-state index contributed by atoms with van der Waals surface area (Å²) in [4.78, 5) is 2.69. The summed E-state index contributed by atoms with van der Waals surface area (Å²) in [7, 11) is 2.45. The van der Waals surface area contributed by atoms with E-state index in [1.165, 1.54) is 71.1 Å². The average Bonchev–Trinajstić information content (AvgIpc) is 2.54. The van der Waals surface area contributed by atoms with Gasteiger partial charge in [0.2, 0.25) is 0 Å². The van der Waals surface area contributed by atoms with Gasteiger partial charge in [-0.15, -0.1) is 0 Å². The third-order valence-corrected chi connectivity index (χ3v) is 6.01. The predicted molar refractivity (Wildman–Crippen MR) is 107 cm³/mol. The van der Waals surface area contributed by atoms with Crippen molar-refractivity contribution in [2.45, 2.75) is 85.1 Å². The molecule has 1 fully saturated rings. The molecule has 0 aliphatic carbocycles. The number of nitrogens with two attached hydrogens (primary N) is 1. The van der Waals surface area contributed by atoms with Gasteiger partial charge < -0.3 is 10.2 Å². The van der Waals surface area contributed by atoms with Crippen molar-refractivity contribution in [2.75, 3.05) is 39.9 Å². The Bertz CT molecular complexity index is 320. The Hall–Kier alpha value is -0.120. The van der Waals surface area contributed by atoms with Crippen LogP contribution in [0, 0.1) is 11.8 Å². The zero-order valence-electron chi connectivity index (χ0n) is 17.4. The fourth-order valence-corrected chi connectivity index (χ4v) is 4.64. The Morgan fingerprint density at radius 2 is 1.58 bits per heavy atom. The van der Waals surface area contributed by atoms with Crippen molar-refractivity contribution in [3.05, 3.63) is 0 Å². The SMILES string of the molecule is CCCCC(CC)CN1CC(N)C[N+](C)(CC(CC)CCCC)C1. The second-order valence-electron chi connectivity index (χ2n) is 8.76. The largest absolute Gasteiger partial charge is 0.322 e. The molecule has 144 valence electrons. The van der Waals surface area contributed by atoms with E-state index in [4.69, 9.17) is 5.73 Å². The summed E-state index contributed by atoms with van der Waals surface area (Å²) in [5.41, 5.74) is 6.48. The van der Waals surface area contributed by atoms with Gasteiger partial charge in [-0.3, -0.25) is 4.90 Å². The minimum atomic E-state index is 0.344. The molecule has 4 unspecified atom stereocenters. The van der Waals surface area contributed by atoms with Crippen LogP contribution in [0.2, 0.25) is 0 Å². The standard InChI is InChI=1S/C21H46N3/c1-6-10-12-19(8-3)14-23-15-21(22)17-24(5,18-23)16-20(9-4)13-11-7-2/h19-21H,6-18,22H2,1-5H3/q+1. The summed E-state index contributed by atoms with van der Waals surface area (Å²) in [5, 5.41) is 0. The van der Waals surface area contributed by atoms with Crippen LogP contribution in [-0.4, -0.2) is 55.3 Å². The molecule has 0 amide bonds. The van der Waals surface area contributed by atoms with Crippen molar-refractivity contribution in [1.82, 2.24) is 4.90 Å². The van der Waals surface area contributed by atoms with Gasteiger partial charge in [0, 0.05) is 19.0 Å². The Morgan fingerprint density at radius 1 is 1.00 bits per heavy atom. The van der Waals surface area contributed by atoms with Crippen molar-refractivity contribution in [3.63, 3.8) is 0 Å². The molecule has 3 heteroatoms. The lowest BCUT2D eigenvalue weighted by Gasteiger charge is -2.47. The molecule has 2 N–H and O–H groups in total. The summed E-state index contributed by atoms with van der Waals surface area (Å²) < 4.78 is 1.16. The molecule has 0 spiro atoms. The third-order valence-electron chi connectivity index (χ3n) is 6.01. The molecule has 0 aromatic carbocycles. The maximum Gasteiger partial charge on any atom is 0.134 e. The highest BCUT2D eigenvalue weighted by Crippen LogP contribution is 2.23. The number of likely N-dealkylation sites (N-methyl/N-ethyl adjacent to an activating group) is 1. The first-order valence-electron chi connectivity index (χ1n) is 10.8. The number of hydrogen-bond donors (Lipinski definition) is 1. The highest BCUT2D eigenvalue weighted by molar-refractivity contribution is 4.75. The lowest BCUT2D eigenvalue weighted by Crippen LogP contribution is -2.65. The van der Waals surface area contributed by atoms with E-state index in [9.17, 15) is 0 Å². The van der Waals surface area contributed by atoms with E-state index in [1.807, 2.05) is 0 Å². The van der Waals surface area contributed by atoms with Crippen LogP contribution in [0.3, 0.4) is 0 Å². The molecule has 0 bridgehead atoms. The molecule has 1 aliphatic heterocycles. The van der Waals surface area contributed by atoms with Crippen LogP contribution in [-0.2, 0) is 0 Å². The summed E-state index contributed by atoms with van der Waals surface area (Å²) >= 11 is 0. The number of rotatable bonds is 12.